The van der Waals surface area contributed by atoms with Crippen molar-refractivity contribution in [2.75, 3.05) is 6.54 Å². The normalized spacial score (nSPS) is 22.5. The van der Waals surface area contributed by atoms with Crippen molar-refractivity contribution in [3.05, 3.63) is 52.7 Å². The van der Waals surface area contributed by atoms with E-state index in [1.165, 1.54) is 12.8 Å². The van der Waals surface area contributed by atoms with Gasteiger partial charge in [-0.1, -0.05) is 31.0 Å². The van der Waals surface area contributed by atoms with Crippen molar-refractivity contribution in [2.24, 2.45) is 17.6 Å². The Morgan fingerprint density at radius 1 is 1.23 bits per heavy atom. The minimum absolute atomic E-state index is 0.0145. The molecule has 6 nitrogen and oxygen atoms in total. The van der Waals surface area contributed by atoms with Gasteiger partial charge in [-0.25, -0.2) is 4.98 Å². The number of halogens is 1. The van der Waals surface area contributed by atoms with Gasteiger partial charge in [-0.2, -0.15) is 0 Å². The van der Waals surface area contributed by atoms with Gasteiger partial charge in [0.25, 0.3) is 5.91 Å². The predicted octanol–water partition coefficient (Wildman–Crippen LogP) is 6.02. The average molecular weight is 491 g/mol. The minimum Gasteiger partial charge on any atom is -0.454 e. The van der Waals surface area contributed by atoms with Crippen LogP contribution in [0.1, 0.15) is 49.0 Å². The molecule has 1 saturated carbocycles. The second-order valence-electron chi connectivity index (χ2n) is 10.3. The molecular weight excluding hydrogens is 460 g/mol. The third-order valence-corrected chi connectivity index (χ3v) is 8.29. The molecule has 0 bridgehead atoms. The first-order chi connectivity index (χ1) is 16.9. The van der Waals surface area contributed by atoms with Crippen LogP contribution in [0.25, 0.3) is 33.5 Å². The summed E-state index contributed by atoms with van der Waals surface area (Å²) in [6, 6.07) is 11.8. The highest BCUT2D eigenvalue weighted by molar-refractivity contribution is 6.29. The van der Waals surface area contributed by atoms with Gasteiger partial charge in [-0.3, -0.25) is 4.79 Å². The van der Waals surface area contributed by atoms with Gasteiger partial charge in [0.2, 0.25) is 0 Å². The van der Waals surface area contributed by atoms with E-state index in [1.54, 1.807) is 0 Å². The Labute approximate surface area is 210 Å². The molecule has 2 N–H and O–H groups in total. The zero-order valence-corrected chi connectivity index (χ0v) is 21.2. The Morgan fingerprint density at radius 2 is 2.03 bits per heavy atom. The number of nitrogens with two attached hydrogens (primary N) is 1. The number of pyridine rings is 1. The third-order valence-electron chi connectivity index (χ3n) is 8.07. The highest BCUT2D eigenvalue weighted by atomic mass is 35.5. The Morgan fingerprint density at radius 3 is 2.74 bits per heavy atom. The number of hydrogen-bond donors (Lipinski definition) is 1. The Hall–Kier alpha value is -2.83. The molecule has 1 amide bonds. The second-order valence-corrected chi connectivity index (χ2v) is 10.7. The van der Waals surface area contributed by atoms with Crippen LogP contribution in [0, 0.1) is 18.8 Å². The maximum atomic E-state index is 13.4. The van der Waals surface area contributed by atoms with E-state index in [1.807, 2.05) is 42.2 Å². The van der Waals surface area contributed by atoms with Crippen LogP contribution in [-0.4, -0.2) is 39.0 Å². The van der Waals surface area contributed by atoms with Crippen molar-refractivity contribution in [1.29, 1.82) is 0 Å². The molecule has 182 valence electrons. The molecule has 1 saturated heterocycles. The van der Waals surface area contributed by atoms with Gasteiger partial charge >= 0.3 is 0 Å². The van der Waals surface area contributed by atoms with E-state index >= 15 is 0 Å². The molecule has 1 aliphatic carbocycles. The van der Waals surface area contributed by atoms with Crippen LogP contribution in [-0.2, 0) is 6.54 Å². The third kappa shape index (κ3) is 3.74. The number of aromatic nitrogens is 2. The topological polar surface area (TPSA) is 77.3 Å². The summed E-state index contributed by atoms with van der Waals surface area (Å²) >= 11 is 6.24. The summed E-state index contributed by atoms with van der Waals surface area (Å²) < 4.78 is 8.70. The van der Waals surface area contributed by atoms with Crippen LogP contribution in [0.4, 0.5) is 0 Å². The Bertz CT molecular complexity index is 1450. The molecule has 35 heavy (non-hydrogen) atoms. The summed E-state index contributed by atoms with van der Waals surface area (Å²) in [6.07, 6.45) is 3.45. The lowest BCUT2D eigenvalue weighted by Gasteiger charge is -2.23. The first-order valence-corrected chi connectivity index (χ1v) is 13.0. The molecule has 1 aliphatic heterocycles. The molecule has 3 aromatic heterocycles. The zero-order chi connectivity index (χ0) is 24.4. The fraction of sp³-hybridized carbons (Fsp3) is 0.429. The van der Waals surface area contributed by atoms with Crippen molar-refractivity contribution >= 4 is 39.5 Å². The first-order valence-electron chi connectivity index (χ1n) is 12.6. The highest BCUT2D eigenvalue weighted by Gasteiger charge is 2.38. The van der Waals surface area contributed by atoms with E-state index in [9.17, 15) is 4.79 Å². The van der Waals surface area contributed by atoms with Crippen LogP contribution < -0.4 is 5.73 Å². The number of carbonyl (C=O) groups excluding carboxylic acids is 1. The largest absolute Gasteiger partial charge is 0.454 e. The number of furan rings is 1. The Balaban J connectivity index is 1.41. The summed E-state index contributed by atoms with van der Waals surface area (Å²) in [5.74, 6) is 1.84. The summed E-state index contributed by atoms with van der Waals surface area (Å²) in [6.45, 7) is 7.87. The molecule has 1 aromatic carbocycles. The van der Waals surface area contributed by atoms with Crippen LogP contribution in [0.2, 0.25) is 5.15 Å². The van der Waals surface area contributed by atoms with Crippen molar-refractivity contribution in [2.45, 2.75) is 58.7 Å². The number of hydrogen-bond acceptors (Lipinski definition) is 4. The molecule has 0 radical (unpaired) electrons. The van der Waals surface area contributed by atoms with E-state index in [-0.39, 0.29) is 18.0 Å². The maximum Gasteiger partial charge on any atom is 0.254 e. The van der Waals surface area contributed by atoms with Crippen LogP contribution >= 0.6 is 11.6 Å². The highest BCUT2D eigenvalue weighted by Crippen LogP contribution is 2.39. The number of carbonyl (C=O) groups is 1. The van der Waals surface area contributed by atoms with Crippen molar-refractivity contribution in [3.8, 4) is 11.5 Å². The minimum atomic E-state index is 0.0145. The van der Waals surface area contributed by atoms with E-state index < -0.39 is 0 Å². The molecule has 2 unspecified atom stereocenters. The second kappa shape index (κ2) is 8.38. The van der Waals surface area contributed by atoms with E-state index in [4.69, 9.17) is 21.8 Å². The van der Waals surface area contributed by atoms with E-state index in [0.717, 1.165) is 52.0 Å². The van der Waals surface area contributed by atoms with E-state index in [0.29, 0.717) is 29.1 Å². The molecule has 0 spiro atoms. The van der Waals surface area contributed by atoms with Gasteiger partial charge in [-0.15, -0.1) is 0 Å². The molecule has 3 atom stereocenters. The lowest BCUT2D eigenvalue weighted by Crippen LogP contribution is -2.41. The predicted molar refractivity (Wildman–Crippen MR) is 140 cm³/mol. The monoisotopic (exact) mass is 490 g/mol. The van der Waals surface area contributed by atoms with E-state index in [2.05, 4.69) is 29.5 Å². The average Bonchev–Trinajstić information content (AvgIpc) is 3.44. The van der Waals surface area contributed by atoms with Gasteiger partial charge in [0.15, 0.2) is 5.76 Å². The van der Waals surface area contributed by atoms with Gasteiger partial charge < -0.3 is 19.6 Å². The van der Waals surface area contributed by atoms with Crippen LogP contribution in [0.15, 0.2) is 40.8 Å². The lowest BCUT2D eigenvalue weighted by molar-refractivity contribution is 0.0739. The van der Waals surface area contributed by atoms with Gasteiger partial charge in [0.05, 0.1) is 5.69 Å². The summed E-state index contributed by atoms with van der Waals surface area (Å²) in [7, 11) is 0. The summed E-state index contributed by atoms with van der Waals surface area (Å²) in [5, 5.41) is 2.55. The smallest absolute Gasteiger partial charge is 0.254 e. The van der Waals surface area contributed by atoms with Crippen molar-refractivity contribution in [3.63, 3.8) is 0 Å². The number of likely N-dealkylation sites (tertiary alicyclic amines) is 1. The van der Waals surface area contributed by atoms with Crippen molar-refractivity contribution < 1.29 is 9.21 Å². The fourth-order valence-corrected chi connectivity index (χ4v) is 5.76. The molecule has 4 heterocycles. The van der Waals surface area contributed by atoms with Crippen LogP contribution in [0.3, 0.4) is 0 Å². The Kier molecular flexibility index (Phi) is 5.42. The van der Waals surface area contributed by atoms with Gasteiger partial charge in [-0.05, 0) is 68.9 Å². The standard InChI is InChI=1S/C28H31ClN4O2/c1-4-18-14-32(16(3)25(18)30)28(34)20-7-9-21-15(2)26(35-23(21)12-20)22-11-19-8-10-24(29)31-27(19)33(22)13-17-5-6-17/h7-12,16-18,25H,4-6,13-14,30H2,1-3H3/t16?,18?,25-/m0/s1. The van der Waals surface area contributed by atoms with Crippen molar-refractivity contribution in [1.82, 2.24) is 14.5 Å². The number of benzene rings is 1. The fourth-order valence-electron chi connectivity index (χ4n) is 5.62. The molecule has 7 heteroatoms. The molecule has 4 aromatic rings. The zero-order valence-electron chi connectivity index (χ0n) is 20.4. The summed E-state index contributed by atoms with van der Waals surface area (Å²) in [4.78, 5) is 19.9. The quantitative estimate of drug-likeness (QED) is 0.347. The molecule has 6 rings (SSSR count). The van der Waals surface area contributed by atoms with Gasteiger partial charge in [0.1, 0.15) is 16.4 Å². The number of aryl methyl sites for hydroxylation is 1. The summed E-state index contributed by atoms with van der Waals surface area (Å²) in [5.41, 5.74) is 10.7. The number of fused-ring (bicyclic) bond motifs is 2. The van der Waals surface area contributed by atoms with Crippen LogP contribution in [0.5, 0.6) is 0 Å². The number of amides is 1. The van der Waals surface area contributed by atoms with Gasteiger partial charge in [0, 0.05) is 47.1 Å². The SMILES string of the molecule is CCC1CN(C(=O)c2ccc3c(C)c(-c4cc5ccc(Cl)nc5n4CC4CC4)oc3c2)C(C)[C@@H]1N. The maximum absolute atomic E-state index is 13.4. The number of nitrogens with zero attached hydrogens (tertiary/aromatic N) is 3. The molecular formula is C28H31ClN4O2. The lowest BCUT2D eigenvalue weighted by atomic mass is 9.98. The first kappa shape index (κ1) is 22.6. The molecule has 2 fully saturated rings. The molecule has 2 aliphatic rings. The number of rotatable bonds is 5.